The van der Waals surface area contributed by atoms with Crippen molar-refractivity contribution in [1.29, 1.82) is 0 Å². The minimum absolute atomic E-state index is 0.456. The molecule has 0 aliphatic carbocycles. The fourth-order valence-corrected chi connectivity index (χ4v) is 4.24. The average molecular weight is 247 g/mol. The number of amides is 1. The molecule has 2 rings (SSSR count). The highest BCUT2D eigenvalue weighted by atomic mass is 32.2. The number of sulfone groups is 1. The van der Waals surface area contributed by atoms with Gasteiger partial charge < -0.3 is 10.0 Å². The van der Waals surface area contributed by atoms with E-state index < -0.39 is 38.8 Å². The lowest BCUT2D eigenvalue weighted by molar-refractivity contribution is -0.141. The summed E-state index contributed by atoms with van der Waals surface area (Å²) in [5.74, 6) is -2.47. The zero-order valence-electron chi connectivity index (χ0n) is 8.63. The Morgan fingerprint density at radius 2 is 2.06 bits per heavy atom. The minimum Gasteiger partial charge on any atom is -0.480 e. The summed E-state index contributed by atoms with van der Waals surface area (Å²) in [6.45, 7) is 0.475. The van der Waals surface area contributed by atoms with Crippen LogP contribution in [0.1, 0.15) is 19.3 Å². The number of carboxylic acid groups (broad SMARTS) is 1. The van der Waals surface area contributed by atoms with Crippen LogP contribution < -0.4 is 0 Å². The van der Waals surface area contributed by atoms with Gasteiger partial charge in [-0.05, 0) is 19.3 Å². The second kappa shape index (κ2) is 3.73. The van der Waals surface area contributed by atoms with Crippen molar-refractivity contribution in [3.8, 4) is 0 Å². The standard InChI is InChI=1S/C9H13NO5S/c11-7-5-16(14,15)8(9(12)13)6-3-1-2-4-10(6)7/h6,8H,1-5H2,(H,12,13). The number of carbonyl (C=O) groups is 2. The molecule has 0 bridgehead atoms. The highest BCUT2D eigenvalue weighted by Gasteiger charge is 2.50. The predicted octanol–water partition coefficient (Wildman–Crippen LogP) is -0.751. The van der Waals surface area contributed by atoms with E-state index in [-0.39, 0.29) is 0 Å². The number of carbonyl (C=O) groups excluding carboxylic acids is 1. The fraction of sp³-hybridized carbons (Fsp3) is 0.778. The number of rotatable bonds is 1. The summed E-state index contributed by atoms with van der Waals surface area (Å²) < 4.78 is 23.3. The summed E-state index contributed by atoms with van der Waals surface area (Å²) >= 11 is 0. The van der Waals surface area contributed by atoms with Gasteiger partial charge in [0, 0.05) is 6.54 Å². The number of carboxylic acids is 1. The Hall–Kier alpha value is -1.11. The van der Waals surface area contributed by atoms with E-state index in [0.29, 0.717) is 13.0 Å². The molecule has 2 aliphatic rings. The molecule has 0 aromatic rings. The number of piperidine rings is 1. The highest BCUT2D eigenvalue weighted by molar-refractivity contribution is 7.93. The Morgan fingerprint density at radius 1 is 1.38 bits per heavy atom. The van der Waals surface area contributed by atoms with Gasteiger partial charge in [-0.2, -0.15) is 0 Å². The van der Waals surface area contributed by atoms with E-state index in [4.69, 9.17) is 5.11 Å². The molecule has 2 atom stereocenters. The van der Waals surface area contributed by atoms with E-state index in [1.165, 1.54) is 4.90 Å². The number of hydrogen-bond donors (Lipinski definition) is 1. The second-order valence-corrected chi connectivity index (χ2v) is 6.34. The lowest BCUT2D eigenvalue weighted by Gasteiger charge is -2.41. The summed E-state index contributed by atoms with van der Waals surface area (Å²) in [6, 6.07) is -0.669. The molecule has 1 N–H and O–H groups in total. The van der Waals surface area contributed by atoms with Crippen molar-refractivity contribution in [1.82, 2.24) is 4.90 Å². The molecule has 2 saturated heterocycles. The first-order chi connectivity index (χ1) is 7.43. The molecule has 1 amide bonds. The van der Waals surface area contributed by atoms with E-state index in [1.807, 2.05) is 0 Å². The van der Waals surface area contributed by atoms with E-state index in [9.17, 15) is 18.0 Å². The van der Waals surface area contributed by atoms with Gasteiger partial charge in [0.2, 0.25) is 5.91 Å². The molecule has 0 radical (unpaired) electrons. The van der Waals surface area contributed by atoms with Crippen LogP contribution in [-0.4, -0.2) is 53.9 Å². The van der Waals surface area contributed by atoms with Gasteiger partial charge in [0.05, 0.1) is 6.04 Å². The van der Waals surface area contributed by atoms with E-state index in [0.717, 1.165) is 12.8 Å². The first-order valence-corrected chi connectivity index (χ1v) is 6.89. The predicted molar refractivity (Wildman–Crippen MR) is 54.6 cm³/mol. The Balaban J connectivity index is 2.40. The monoisotopic (exact) mass is 247 g/mol. The van der Waals surface area contributed by atoms with Crippen molar-refractivity contribution in [2.75, 3.05) is 12.3 Å². The maximum atomic E-state index is 11.7. The van der Waals surface area contributed by atoms with Crippen molar-refractivity contribution in [2.24, 2.45) is 0 Å². The third-order valence-corrected chi connectivity index (χ3v) is 5.11. The van der Waals surface area contributed by atoms with Gasteiger partial charge in [-0.25, -0.2) is 8.42 Å². The maximum Gasteiger partial charge on any atom is 0.324 e. The van der Waals surface area contributed by atoms with E-state index in [2.05, 4.69) is 0 Å². The van der Waals surface area contributed by atoms with Crippen LogP contribution in [0, 0.1) is 0 Å². The van der Waals surface area contributed by atoms with E-state index in [1.54, 1.807) is 0 Å². The van der Waals surface area contributed by atoms with Gasteiger partial charge in [-0.15, -0.1) is 0 Å². The molecular formula is C9H13NO5S. The molecule has 90 valence electrons. The molecule has 16 heavy (non-hydrogen) atoms. The largest absolute Gasteiger partial charge is 0.480 e. The van der Waals surface area contributed by atoms with Crippen LogP contribution in [0.25, 0.3) is 0 Å². The van der Waals surface area contributed by atoms with Crippen molar-refractivity contribution in [3.63, 3.8) is 0 Å². The Bertz CT molecular complexity index is 429. The van der Waals surface area contributed by atoms with Crippen molar-refractivity contribution >= 4 is 21.7 Å². The topological polar surface area (TPSA) is 91.8 Å². The molecule has 2 aliphatic heterocycles. The molecule has 0 spiro atoms. The van der Waals surface area contributed by atoms with Gasteiger partial charge in [0.15, 0.2) is 15.1 Å². The molecule has 2 fully saturated rings. The molecule has 7 heteroatoms. The third-order valence-electron chi connectivity index (χ3n) is 3.17. The molecule has 2 heterocycles. The Labute approximate surface area is 93.1 Å². The number of aliphatic carboxylic acids is 1. The summed E-state index contributed by atoms with van der Waals surface area (Å²) in [4.78, 5) is 24.0. The zero-order valence-corrected chi connectivity index (χ0v) is 9.44. The number of nitrogens with zero attached hydrogens (tertiary/aromatic N) is 1. The van der Waals surface area contributed by atoms with Gasteiger partial charge in [0.1, 0.15) is 5.75 Å². The van der Waals surface area contributed by atoms with Crippen LogP contribution in [0.4, 0.5) is 0 Å². The van der Waals surface area contributed by atoms with Crippen LogP contribution in [-0.2, 0) is 19.4 Å². The summed E-state index contributed by atoms with van der Waals surface area (Å²) in [5.41, 5.74) is 0. The number of hydrogen-bond acceptors (Lipinski definition) is 4. The molecule has 0 aromatic heterocycles. The van der Waals surface area contributed by atoms with Gasteiger partial charge in [-0.1, -0.05) is 0 Å². The smallest absolute Gasteiger partial charge is 0.324 e. The van der Waals surface area contributed by atoms with Gasteiger partial charge in [-0.3, -0.25) is 9.59 Å². The highest BCUT2D eigenvalue weighted by Crippen LogP contribution is 2.28. The third kappa shape index (κ3) is 1.68. The second-order valence-electron chi connectivity index (χ2n) is 4.22. The summed E-state index contributed by atoms with van der Waals surface area (Å²) in [5, 5.41) is 7.54. The van der Waals surface area contributed by atoms with Crippen molar-refractivity contribution in [3.05, 3.63) is 0 Å². The van der Waals surface area contributed by atoms with Gasteiger partial charge in [0.25, 0.3) is 0 Å². The average Bonchev–Trinajstić information content (AvgIpc) is 2.15. The Kier molecular flexibility index (Phi) is 2.65. The molecule has 0 saturated carbocycles. The molecule has 6 nitrogen and oxygen atoms in total. The quantitative estimate of drug-likeness (QED) is 0.658. The summed E-state index contributed by atoms with van der Waals surface area (Å²) in [6.07, 6.45) is 2.05. The zero-order chi connectivity index (χ0) is 11.9. The first kappa shape index (κ1) is 11.4. The molecular weight excluding hydrogens is 234 g/mol. The maximum absolute atomic E-state index is 11.7. The normalized spacial score (nSPS) is 33.2. The first-order valence-electron chi connectivity index (χ1n) is 5.17. The van der Waals surface area contributed by atoms with Crippen LogP contribution in [0.2, 0.25) is 0 Å². The summed E-state index contributed by atoms with van der Waals surface area (Å²) in [7, 11) is -3.83. The molecule has 2 unspecified atom stereocenters. The van der Waals surface area contributed by atoms with Gasteiger partial charge >= 0.3 is 5.97 Å². The van der Waals surface area contributed by atoms with Crippen LogP contribution in [0.5, 0.6) is 0 Å². The van der Waals surface area contributed by atoms with Crippen LogP contribution in [0.15, 0.2) is 0 Å². The molecule has 0 aromatic carbocycles. The van der Waals surface area contributed by atoms with E-state index >= 15 is 0 Å². The SMILES string of the molecule is O=C(O)C1C2CCCCN2C(=O)CS1(=O)=O. The van der Waals surface area contributed by atoms with Crippen molar-refractivity contribution < 1.29 is 23.1 Å². The van der Waals surface area contributed by atoms with Crippen LogP contribution in [0.3, 0.4) is 0 Å². The Morgan fingerprint density at radius 3 is 2.69 bits per heavy atom. The lowest BCUT2D eigenvalue weighted by Crippen LogP contribution is -2.61. The number of fused-ring (bicyclic) bond motifs is 1. The minimum atomic E-state index is -3.83. The van der Waals surface area contributed by atoms with Crippen molar-refractivity contribution in [2.45, 2.75) is 30.6 Å². The van der Waals surface area contributed by atoms with Crippen LogP contribution >= 0.6 is 0 Å². The lowest BCUT2D eigenvalue weighted by atomic mass is 9.98. The fourth-order valence-electron chi connectivity index (χ4n) is 2.48.